The molecule has 0 spiro atoms. The van der Waals surface area contributed by atoms with E-state index in [-0.39, 0.29) is 5.91 Å². The fraction of sp³-hybridized carbons (Fsp3) is 0.483. The Bertz CT molecular complexity index is 1340. The first-order chi connectivity index (χ1) is 19.6. The Morgan fingerprint density at radius 3 is 2.14 bits per heavy atom. The van der Waals surface area contributed by atoms with Crippen molar-refractivity contribution in [2.24, 2.45) is 5.73 Å². The van der Waals surface area contributed by atoms with Gasteiger partial charge in [-0.3, -0.25) is 14.5 Å². The Morgan fingerprint density at radius 1 is 1.02 bits per heavy atom. The molecule has 2 amide bonds. The number of hydrogen-bond acceptors (Lipinski definition) is 6. The normalized spacial score (nSPS) is 20.3. The zero-order valence-electron chi connectivity index (χ0n) is 23.3. The highest BCUT2D eigenvalue weighted by molar-refractivity contribution is 7.91. The van der Waals surface area contributed by atoms with E-state index in [0.29, 0.717) is 36.7 Å². The number of primary amides is 1. The van der Waals surface area contributed by atoms with E-state index in [4.69, 9.17) is 15.6 Å². The second-order valence-corrected chi connectivity index (χ2v) is 12.9. The number of carboxylic acid groups (broad SMARTS) is 1. The highest BCUT2D eigenvalue weighted by Crippen LogP contribution is 2.43. The van der Waals surface area contributed by atoms with Crippen LogP contribution in [0.1, 0.15) is 59.5 Å². The number of aliphatic carboxylic acids is 1. The Hall–Kier alpha value is -3.45. The van der Waals surface area contributed by atoms with E-state index >= 15 is 0 Å². The molecule has 2 fully saturated rings. The van der Waals surface area contributed by atoms with Crippen LogP contribution in [0.15, 0.2) is 54.6 Å². The molecular formula is C29H36F3N3O6S. The summed E-state index contributed by atoms with van der Waals surface area (Å²) in [4.78, 5) is 37.5. The molecule has 0 aliphatic carbocycles. The monoisotopic (exact) mass is 611 g/mol. The molecule has 4 rings (SSSR count). The van der Waals surface area contributed by atoms with Gasteiger partial charge in [0, 0.05) is 43.5 Å². The summed E-state index contributed by atoms with van der Waals surface area (Å²) in [6, 6.07) is 18.4. The number of nitrogens with two attached hydrogens (primary N) is 1. The van der Waals surface area contributed by atoms with E-state index < -0.39 is 33.6 Å². The third-order valence-electron chi connectivity index (χ3n) is 7.57. The summed E-state index contributed by atoms with van der Waals surface area (Å²) in [5.74, 6) is -3.52. The number of sulfone groups is 1. The van der Waals surface area contributed by atoms with Crippen LogP contribution in [0, 0.1) is 0 Å². The van der Waals surface area contributed by atoms with Crippen molar-refractivity contribution in [3.05, 3.63) is 71.3 Å². The molecule has 13 heteroatoms. The molecule has 1 unspecified atom stereocenters. The van der Waals surface area contributed by atoms with E-state index in [2.05, 4.69) is 11.0 Å². The molecule has 3 N–H and O–H groups in total. The molecule has 2 bridgehead atoms. The van der Waals surface area contributed by atoms with Crippen molar-refractivity contribution in [3.8, 4) is 0 Å². The molecule has 0 aromatic heterocycles. The summed E-state index contributed by atoms with van der Waals surface area (Å²) in [6.45, 7) is 1.84. The zero-order chi connectivity index (χ0) is 31.1. The van der Waals surface area contributed by atoms with E-state index in [1.165, 1.54) is 5.56 Å². The standard InChI is InChI=1S/C27H35N3O4S.C2HF3O2/c1-35(33,34)19-26(31)29(18-20-7-3-2-4-8-20)13-6-14-30-24-11-12-25(30)17-23(16-24)21-9-5-10-22(15-21)27(28)32;3-2(4,5)1(6)7/h2-5,7-10,15,23-25H,6,11-14,16-19H2,1H3,(H2,28,32);(H,6,7)/t23?,24-,25+;. The number of fused-ring (bicyclic) bond motifs is 2. The molecule has 2 aromatic carbocycles. The van der Waals surface area contributed by atoms with Crippen molar-refractivity contribution in [2.45, 2.75) is 62.8 Å². The van der Waals surface area contributed by atoms with Crippen molar-refractivity contribution in [3.63, 3.8) is 0 Å². The molecule has 9 nitrogen and oxygen atoms in total. The molecule has 42 heavy (non-hydrogen) atoms. The molecule has 0 saturated carbocycles. The van der Waals surface area contributed by atoms with Crippen molar-refractivity contribution in [2.75, 3.05) is 25.1 Å². The number of rotatable bonds is 10. The fourth-order valence-electron chi connectivity index (χ4n) is 5.71. The van der Waals surface area contributed by atoms with E-state index in [0.717, 1.165) is 50.5 Å². The number of amides is 2. The van der Waals surface area contributed by atoms with E-state index in [1.807, 2.05) is 42.5 Å². The lowest BCUT2D eigenvalue weighted by atomic mass is 9.84. The number of carbonyl (C=O) groups excluding carboxylic acids is 2. The number of benzene rings is 2. The van der Waals surface area contributed by atoms with Gasteiger partial charge in [0.15, 0.2) is 9.84 Å². The number of halogens is 3. The molecule has 2 heterocycles. The second kappa shape index (κ2) is 14.1. The van der Waals surface area contributed by atoms with E-state index in [9.17, 15) is 31.2 Å². The lowest BCUT2D eigenvalue weighted by Gasteiger charge is -2.39. The maximum Gasteiger partial charge on any atom is 0.490 e. The molecule has 2 aromatic rings. The second-order valence-electron chi connectivity index (χ2n) is 10.8. The van der Waals surface area contributed by atoms with Crippen molar-refractivity contribution < 1.29 is 41.1 Å². The molecule has 2 aliphatic heterocycles. The Kier molecular flexibility index (Phi) is 11.1. The summed E-state index contributed by atoms with van der Waals surface area (Å²) in [6.07, 6.45) is 1.26. The summed E-state index contributed by atoms with van der Waals surface area (Å²) >= 11 is 0. The van der Waals surface area contributed by atoms with Gasteiger partial charge in [-0.25, -0.2) is 13.2 Å². The highest BCUT2D eigenvalue weighted by Gasteiger charge is 2.41. The molecule has 230 valence electrons. The lowest BCUT2D eigenvalue weighted by molar-refractivity contribution is -0.192. The summed E-state index contributed by atoms with van der Waals surface area (Å²) < 4.78 is 55.2. The van der Waals surface area contributed by atoms with Gasteiger partial charge >= 0.3 is 12.1 Å². The van der Waals surface area contributed by atoms with Gasteiger partial charge in [0.1, 0.15) is 5.75 Å². The van der Waals surface area contributed by atoms with E-state index in [1.54, 1.807) is 11.0 Å². The molecule has 0 radical (unpaired) electrons. The van der Waals surface area contributed by atoms with Gasteiger partial charge in [0.05, 0.1) is 0 Å². The summed E-state index contributed by atoms with van der Waals surface area (Å²) in [5, 5.41) is 7.12. The van der Waals surface area contributed by atoms with Crippen LogP contribution in [-0.2, 0) is 26.0 Å². The first-order valence-corrected chi connectivity index (χ1v) is 15.6. The van der Waals surface area contributed by atoms with Crippen LogP contribution in [0.4, 0.5) is 13.2 Å². The van der Waals surface area contributed by atoms with Gasteiger partial charge < -0.3 is 15.7 Å². The Morgan fingerprint density at radius 2 is 1.62 bits per heavy atom. The van der Waals surface area contributed by atoms with Gasteiger partial charge in [0.2, 0.25) is 11.8 Å². The van der Waals surface area contributed by atoms with Crippen LogP contribution in [0.5, 0.6) is 0 Å². The number of alkyl halides is 3. The highest BCUT2D eigenvalue weighted by atomic mass is 32.2. The van der Waals surface area contributed by atoms with Gasteiger partial charge in [-0.2, -0.15) is 13.2 Å². The van der Waals surface area contributed by atoms with Gasteiger partial charge in [-0.05, 0) is 61.3 Å². The quantitative estimate of drug-likeness (QED) is 0.419. The van der Waals surface area contributed by atoms with Crippen LogP contribution in [0.3, 0.4) is 0 Å². The molecule has 2 saturated heterocycles. The Labute approximate surface area is 243 Å². The Balaban J connectivity index is 0.000000616. The average Bonchev–Trinajstić information content (AvgIpc) is 3.13. The first-order valence-electron chi connectivity index (χ1n) is 13.6. The minimum atomic E-state index is -5.08. The van der Waals surface area contributed by atoms with Crippen LogP contribution < -0.4 is 5.73 Å². The average molecular weight is 612 g/mol. The lowest BCUT2D eigenvalue weighted by Crippen LogP contribution is -2.44. The summed E-state index contributed by atoms with van der Waals surface area (Å²) in [7, 11) is -3.39. The largest absolute Gasteiger partial charge is 0.490 e. The SMILES string of the molecule is CS(=O)(=O)CC(=O)N(CCCN1[C@@H]2CC[C@H]1CC(c1cccc(C(N)=O)c1)C2)Cc1ccccc1.O=C(O)C(F)(F)F. The van der Waals surface area contributed by atoms with Crippen molar-refractivity contribution in [1.82, 2.24) is 9.80 Å². The molecular weight excluding hydrogens is 575 g/mol. The van der Waals surface area contributed by atoms with Crippen LogP contribution in [-0.4, -0.2) is 84.5 Å². The fourth-order valence-corrected chi connectivity index (χ4v) is 6.34. The van der Waals surface area contributed by atoms with Crippen LogP contribution in [0.25, 0.3) is 0 Å². The number of carbonyl (C=O) groups is 3. The zero-order valence-corrected chi connectivity index (χ0v) is 24.1. The van der Waals surface area contributed by atoms with Crippen molar-refractivity contribution >= 4 is 27.6 Å². The minimum absolute atomic E-state index is 0.340. The smallest absolute Gasteiger partial charge is 0.475 e. The van der Waals surface area contributed by atoms with Crippen LogP contribution in [0.2, 0.25) is 0 Å². The van der Waals surface area contributed by atoms with Gasteiger partial charge in [-0.15, -0.1) is 0 Å². The maximum absolute atomic E-state index is 12.8. The third-order valence-corrected chi connectivity index (χ3v) is 8.34. The van der Waals surface area contributed by atoms with Crippen molar-refractivity contribution in [1.29, 1.82) is 0 Å². The number of carboxylic acids is 1. The minimum Gasteiger partial charge on any atom is -0.475 e. The van der Waals surface area contributed by atoms with Gasteiger partial charge in [-0.1, -0.05) is 42.5 Å². The maximum atomic E-state index is 12.8. The van der Waals surface area contributed by atoms with Gasteiger partial charge in [0.25, 0.3) is 0 Å². The molecule has 2 aliphatic rings. The first kappa shape index (κ1) is 33.1. The predicted octanol–water partition coefficient (Wildman–Crippen LogP) is 3.59. The number of piperidine rings is 1. The summed E-state index contributed by atoms with van der Waals surface area (Å²) in [5.41, 5.74) is 8.23. The number of nitrogens with zero attached hydrogens (tertiary/aromatic N) is 2. The van der Waals surface area contributed by atoms with Crippen LogP contribution >= 0.6 is 0 Å². The topological polar surface area (TPSA) is 138 Å². The predicted molar refractivity (Wildman–Crippen MR) is 150 cm³/mol. The third kappa shape index (κ3) is 9.83. The number of hydrogen-bond donors (Lipinski definition) is 2. The molecule has 3 atom stereocenters.